The van der Waals surface area contributed by atoms with Crippen LogP contribution < -0.4 is 10.2 Å². The minimum Gasteiger partial charge on any atom is -0.355 e. The summed E-state index contributed by atoms with van der Waals surface area (Å²) in [5.41, 5.74) is 1.79. The Kier molecular flexibility index (Phi) is 8.39. The molecule has 0 spiro atoms. The molecular weight excluding hydrogens is 523 g/mol. The van der Waals surface area contributed by atoms with E-state index in [4.69, 9.17) is 11.6 Å². The SMILES string of the molecule is O=C(Nc1ccncc1)c1cccc(N2CCN(C3CCN(Cc4ccc(F)cc4Cl)CC3)C(O)(O)CC2)n1. The highest BCUT2D eigenvalue weighted by molar-refractivity contribution is 6.31. The van der Waals surface area contributed by atoms with Crippen LogP contribution in [-0.2, 0) is 6.54 Å². The zero-order valence-corrected chi connectivity index (χ0v) is 22.3. The molecule has 5 rings (SSSR count). The Labute approximate surface area is 231 Å². The van der Waals surface area contributed by atoms with Crippen molar-refractivity contribution in [2.45, 2.75) is 37.8 Å². The fourth-order valence-electron chi connectivity index (χ4n) is 5.29. The molecule has 0 bridgehead atoms. The summed E-state index contributed by atoms with van der Waals surface area (Å²) in [5, 5.41) is 25.2. The van der Waals surface area contributed by atoms with E-state index in [2.05, 4.69) is 20.2 Å². The summed E-state index contributed by atoms with van der Waals surface area (Å²) >= 11 is 6.21. The summed E-state index contributed by atoms with van der Waals surface area (Å²) in [6.07, 6.45) is 4.86. The van der Waals surface area contributed by atoms with Gasteiger partial charge in [-0.2, -0.15) is 0 Å². The molecule has 3 aromatic rings. The van der Waals surface area contributed by atoms with Crippen molar-refractivity contribution < 1.29 is 19.4 Å². The quantitative estimate of drug-likeness (QED) is 0.399. The molecule has 0 radical (unpaired) electrons. The molecule has 2 aliphatic heterocycles. The van der Waals surface area contributed by atoms with Gasteiger partial charge in [-0.1, -0.05) is 23.7 Å². The van der Waals surface area contributed by atoms with E-state index >= 15 is 0 Å². The van der Waals surface area contributed by atoms with Gasteiger partial charge in [-0.3, -0.25) is 14.7 Å². The van der Waals surface area contributed by atoms with Crippen molar-refractivity contribution in [3.05, 3.63) is 83.0 Å². The molecule has 2 aromatic heterocycles. The van der Waals surface area contributed by atoms with Crippen molar-refractivity contribution in [1.82, 2.24) is 19.8 Å². The Morgan fingerprint density at radius 1 is 1.05 bits per heavy atom. The number of carbonyl (C=O) groups is 1. The van der Waals surface area contributed by atoms with E-state index in [-0.39, 0.29) is 29.9 Å². The number of nitrogens with zero attached hydrogens (tertiary/aromatic N) is 5. The molecule has 0 aliphatic carbocycles. The molecule has 206 valence electrons. The van der Waals surface area contributed by atoms with Gasteiger partial charge in [0.15, 0.2) is 0 Å². The van der Waals surface area contributed by atoms with Crippen LogP contribution in [0.3, 0.4) is 0 Å². The first-order valence-electron chi connectivity index (χ1n) is 13.1. The van der Waals surface area contributed by atoms with Crippen molar-refractivity contribution in [2.24, 2.45) is 0 Å². The Morgan fingerprint density at radius 3 is 2.56 bits per heavy atom. The maximum Gasteiger partial charge on any atom is 0.274 e. The number of hydrogen-bond acceptors (Lipinski definition) is 8. The van der Waals surface area contributed by atoms with Gasteiger partial charge in [0.2, 0.25) is 5.91 Å². The summed E-state index contributed by atoms with van der Waals surface area (Å²) in [5.74, 6) is -2.01. The van der Waals surface area contributed by atoms with Gasteiger partial charge in [0, 0.05) is 61.7 Å². The lowest BCUT2D eigenvalue weighted by molar-refractivity contribution is -0.276. The lowest BCUT2D eigenvalue weighted by Gasteiger charge is -2.43. The Balaban J connectivity index is 1.20. The zero-order chi connectivity index (χ0) is 27.4. The molecule has 0 saturated carbocycles. The van der Waals surface area contributed by atoms with Crippen LogP contribution in [0.25, 0.3) is 0 Å². The predicted molar refractivity (Wildman–Crippen MR) is 147 cm³/mol. The number of nitrogens with one attached hydrogen (secondary N) is 1. The highest BCUT2D eigenvalue weighted by atomic mass is 35.5. The van der Waals surface area contributed by atoms with Crippen molar-refractivity contribution >= 4 is 29.0 Å². The number of hydrogen-bond donors (Lipinski definition) is 3. The Bertz CT molecular complexity index is 1290. The highest BCUT2D eigenvalue weighted by Gasteiger charge is 2.40. The number of piperidine rings is 1. The van der Waals surface area contributed by atoms with Crippen LogP contribution in [0.1, 0.15) is 35.3 Å². The molecule has 1 aromatic carbocycles. The molecule has 2 saturated heterocycles. The standard InChI is InChI=1S/C28H32ClFN6O3/c29-24-18-21(30)5-4-20(24)19-34-13-8-23(9-14-34)36-17-16-35(15-10-28(36,38)39)26-3-1-2-25(33-26)27(37)32-22-6-11-31-12-7-22/h1-7,11-12,18,23,38-39H,8-10,13-17,19H2,(H,31,32,37). The van der Waals surface area contributed by atoms with E-state index in [1.165, 1.54) is 12.1 Å². The van der Waals surface area contributed by atoms with Crippen LogP contribution in [0, 0.1) is 5.82 Å². The molecular formula is C28H32ClFN6O3. The normalized spacial score (nSPS) is 19.0. The number of likely N-dealkylation sites (tertiary alicyclic amines) is 1. The summed E-state index contributed by atoms with van der Waals surface area (Å²) in [4.78, 5) is 27.3. The lowest BCUT2D eigenvalue weighted by Crippen LogP contribution is -2.56. The number of pyridine rings is 2. The highest BCUT2D eigenvalue weighted by Crippen LogP contribution is 2.29. The third-order valence-electron chi connectivity index (χ3n) is 7.42. The minimum atomic E-state index is -1.95. The van der Waals surface area contributed by atoms with Gasteiger partial charge in [0.25, 0.3) is 5.91 Å². The van der Waals surface area contributed by atoms with Gasteiger partial charge in [-0.25, -0.2) is 14.3 Å². The molecule has 0 unspecified atom stereocenters. The number of anilines is 2. The second-order valence-electron chi connectivity index (χ2n) is 10.0. The van der Waals surface area contributed by atoms with Gasteiger partial charge in [-0.05, 0) is 67.9 Å². The topological polar surface area (TPSA) is 105 Å². The Hall–Kier alpha value is -3.15. The largest absolute Gasteiger partial charge is 0.355 e. The molecule has 3 N–H and O–H groups in total. The zero-order valence-electron chi connectivity index (χ0n) is 21.5. The van der Waals surface area contributed by atoms with Crippen molar-refractivity contribution in [1.29, 1.82) is 0 Å². The molecule has 9 nitrogen and oxygen atoms in total. The van der Waals surface area contributed by atoms with Crippen molar-refractivity contribution in [2.75, 3.05) is 42.9 Å². The first-order valence-corrected chi connectivity index (χ1v) is 13.5. The van der Waals surface area contributed by atoms with Gasteiger partial charge < -0.3 is 20.4 Å². The average Bonchev–Trinajstić information content (AvgIpc) is 3.09. The summed E-state index contributed by atoms with van der Waals surface area (Å²) < 4.78 is 13.4. The second-order valence-corrected chi connectivity index (χ2v) is 10.4. The first-order chi connectivity index (χ1) is 18.8. The summed E-state index contributed by atoms with van der Waals surface area (Å²) in [7, 11) is 0. The monoisotopic (exact) mass is 554 g/mol. The summed E-state index contributed by atoms with van der Waals surface area (Å²) in [6, 6.07) is 13.1. The van der Waals surface area contributed by atoms with Gasteiger partial charge in [-0.15, -0.1) is 0 Å². The van der Waals surface area contributed by atoms with Gasteiger partial charge in [0.05, 0.1) is 0 Å². The Morgan fingerprint density at radius 2 is 1.82 bits per heavy atom. The number of carbonyl (C=O) groups excluding carboxylic acids is 1. The fraction of sp³-hybridized carbons (Fsp3) is 0.393. The molecule has 1 amide bonds. The van der Waals surface area contributed by atoms with Crippen LogP contribution in [0.5, 0.6) is 0 Å². The van der Waals surface area contributed by atoms with E-state index in [9.17, 15) is 19.4 Å². The predicted octanol–water partition coefficient (Wildman–Crippen LogP) is 3.34. The number of halogens is 2. The molecule has 4 heterocycles. The smallest absolute Gasteiger partial charge is 0.274 e. The molecule has 39 heavy (non-hydrogen) atoms. The van der Waals surface area contributed by atoms with E-state index in [1.54, 1.807) is 47.6 Å². The molecule has 2 aliphatic rings. The maximum atomic E-state index is 13.4. The number of benzene rings is 1. The van der Waals surface area contributed by atoms with Crippen molar-refractivity contribution in [3.63, 3.8) is 0 Å². The van der Waals surface area contributed by atoms with E-state index < -0.39 is 5.91 Å². The second kappa shape index (κ2) is 11.9. The van der Waals surface area contributed by atoms with E-state index in [0.29, 0.717) is 42.7 Å². The minimum absolute atomic E-state index is 0.00493. The van der Waals surface area contributed by atoms with Crippen LogP contribution >= 0.6 is 11.6 Å². The molecule has 11 heteroatoms. The van der Waals surface area contributed by atoms with Gasteiger partial charge in [0.1, 0.15) is 17.3 Å². The van der Waals surface area contributed by atoms with Crippen LogP contribution in [-0.4, -0.2) is 80.6 Å². The summed E-state index contributed by atoms with van der Waals surface area (Å²) in [6.45, 7) is 3.52. The number of rotatable bonds is 6. The number of amides is 1. The van der Waals surface area contributed by atoms with Crippen LogP contribution in [0.4, 0.5) is 15.9 Å². The lowest BCUT2D eigenvalue weighted by atomic mass is 10.0. The van der Waals surface area contributed by atoms with Crippen LogP contribution in [0.15, 0.2) is 60.9 Å². The molecule has 0 atom stereocenters. The number of aliphatic hydroxyl groups is 2. The van der Waals surface area contributed by atoms with Crippen LogP contribution in [0.2, 0.25) is 5.02 Å². The average molecular weight is 555 g/mol. The van der Waals surface area contributed by atoms with Gasteiger partial charge >= 0.3 is 0 Å². The third kappa shape index (κ3) is 6.71. The fourth-order valence-corrected chi connectivity index (χ4v) is 5.52. The van der Waals surface area contributed by atoms with Crippen molar-refractivity contribution in [3.8, 4) is 0 Å². The third-order valence-corrected chi connectivity index (χ3v) is 7.78. The maximum absolute atomic E-state index is 13.4. The van der Waals surface area contributed by atoms with E-state index in [1.807, 2.05) is 11.0 Å². The number of aromatic nitrogens is 2. The first kappa shape index (κ1) is 27.4. The van der Waals surface area contributed by atoms with E-state index in [0.717, 1.165) is 31.5 Å². The molecule has 2 fully saturated rings.